The van der Waals surface area contributed by atoms with E-state index in [1.54, 1.807) is 6.07 Å². The molecule has 0 atom stereocenters. The van der Waals surface area contributed by atoms with E-state index in [9.17, 15) is 4.79 Å². The highest BCUT2D eigenvalue weighted by Crippen LogP contribution is 1.98. The lowest BCUT2D eigenvalue weighted by molar-refractivity contribution is -0.121. The van der Waals surface area contributed by atoms with Crippen molar-refractivity contribution < 1.29 is 9.32 Å². The van der Waals surface area contributed by atoms with Gasteiger partial charge in [-0.15, -0.1) is 0 Å². The van der Waals surface area contributed by atoms with Crippen molar-refractivity contribution in [1.29, 1.82) is 0 Å². The number of nitrogens with zero attached hydrogens (tertiary/aromatic N) is 1. The maximum atomic E-state index is 11.4. The normalized spacial score (nSPS) is 11.4. The molecule has 1 amide bonds. The number of hydrogen-bond donors (Lipinski definition) is 2. The Morgan fingerprint density at radius 3 is 2.81 bits per heavy atom. The standard InChI is InChI=1S/C11H19N3O2/c1-11(2,3)13-6-4-10(15)12-8-9-5-7-16-14-9/h5,7,13H,4,6,8H2,1-3H3,(H,12,15). The van der Waals surface area contributed by atoms with Crippen LogP contribution >= 0.6 is 0 Å². The first kappa shape index (κ1) is 12.7. The van der Waals surface area contributed by atoms with Gasteiger partial charge in [0.1, 0.15) is 12.0 Å². The molecule has 16 heavy (non-hydrogen) atoms. The number of rotatable bonds is 5. The lowest BCUT2D eigenvalue weighted by Gasteiger charge is -2.20. The fourth-order valence-corrected chi connectivity index (χ4v) is 1.16. The number of nitrogens with one attached hydrogen (secondary N) is 2. The van der Waals surface area contributed by atoms with Gasteiger partial charge in [0.05, 0.1) is 6.54 Å². The third-order valence-electron chi connectivity index (χ3n) is 1.97. The van der Waals surface area contributed by atoms with Crippen LogP contribution in [0, 0.1) is 0 Å². The molecular formula is C11H19N3O2. The summed E-state index contributed by atoms with van der Waals surface area (Å²) >= 11 is 0. The number of hydrogen-bond acceptors (Lipinski definition) is 4. The summed E-state index contributed by atoms with van der Waals surface area (Å²) in [5.74, 6) is 0.0137. The Morgan fingerprint density at radius 2 is 2.25 bits per heavy atom. The molecule has 1 heterocycles. The van der Waals surface area contributed by atoms with Crippen LogP contribution in [0.2, 0.25) is 0 Å². The van der Waals surface area contributed by atoms with Gasteiger partial charge < -0.3 is 15.2 Å². The van der Waals surface area contributed by atoms with Crippen LogP contribution in [0.15, 0.2) is 16.9 Å². The van der Waals surface area contributed by atoms with Crippen molar-refractivity contribution in [1.82, 2.24) is 15.8 Å². The molecule has 0 aliphatic heterocycles. The SMILES string of the molecule is CC(C)(C)NCCC(=O)NCc1ccon1. The van der Waals surface area contributed by atoms with Crippen molar-refractivity contribution in [3.8, 4) is 0 Å². The molecule has 0 radical (unpaired) electrons. The van der Waals surface area contributed by atoms with Gasteiger partial charge in [-0.1, -0.05) is 5.16 Å². The lowest BCUT2D eigenvalue weighted by atomic mass is 10.1. The molecule has 5 nitrogen and oxygen atoms in total. The molecule has 0 fully saturated rings. The first-order chi connectivity index (χ1) is 7.47. The minimum absolute atomic E-state index is 0.0137. The highest BCUT2D eigenvalue weighted by molar-refractivity contribution is 5.75. The predicted octanol–water partition coefficient (Wildman–Crippen LogP) is 1.07. The third kappa shape index (κ3) is 5.50. The highest BCUT2D eigenvalue weighted by Gasteiger charge is 2.09. The van der Waals surface area contributed by atoms with E-state index in [-0.39, 0.29) is 11.4 Å². The van der Waals surface area contributed by atoms with Gasteiger partial charge in [0.2, 0.25) is 5.91 Å². The highest BCUT2D eigenvalue weighted by atomic mass is 16.5. The minimum atomic E-state index is 0.0137. The first-order valence-corrected chi connectivity index (χ1v) is 5.38. The average Bonchev–Trinajstić information content (AvgIpc) is 2.65. The molecular weight excluding hydrogens is 206 g/mol. The van der Waals surface area contributed by atoms with Gasteiger partial charge in [-0.25, -0.2) is 0 Å². The molecule has 0 unspecified atom stereocenters. The molecule has 90 valence electrons. The molecule has 1 aromatic rings. The monoisotopic (exact) mass is 225 g/mol. The van der Waals surface area contributed by atoms with Crippen LogP contribution < -0.4 is 10.6 Å². The fraction of sp³-hybridized carbons (Fsp3) is 0.636. The fourth-order valence-electron chi connectivity index (χ4n) is 1.16. The second kappa shape index (κ2) is 5.65. The van der Waals surface area contributed by atoms with Crippen molar-refractivity contribution >= 4 is 5.91 Å². The Kier molecular flexibility index (Phi) is 4.49. The summed E-state index contributed by atoms with van der Waals surface area (Å²) in [4.78, 5) is 11.4. The second-order valence-corrected chi connectivity index (χ2v) is 4.69. The molecule has 2 N–H and O–H groups in total. The van der Waals surface area contributed by atoms with Crippen molar-refractivity contribution in [2.45, 2.75) is 39.3 Å². The summed E-state index contributed by atoms with van der Waals surface area (Å²) in [5.41, 5.74) is 0.781. The molecule has 0 aliphatic carbocycles. The summed E-state index contributed by atoms with van der Waals surface area (Å²) in [6, 6.07) is 1.73. The smallest absolute Gasteiger partial charge is 0.221 e. The van der Waals surface area contributed by atoms with Gasteiger partial charge in [-0.3, -0.25) is 4.79 Å². The van der Waals surface area contributed by atoms with Gasteiger partial charge in [0.15, 0.2) is 0 Å². The van der Waals surface area contributed by atoms with Crippen molar-refractivity contribution in [3.63, 3.8) is 0 Å². The third-order valence-corrected chi connectivity index (χ3v) is 1.97. The zero-order valence-corrected chi connectivity index (χ0v) is 10.0. The predicted molar refractivity (Wildman–Crippen MR) is 60.7 cm³/mol. The van der Waals surface area contributed by atoms with E-state index in [4.69, 9.17) is 0 Å². The van der Waals surface area contributed by atoms with Crippen LogP contribution in [0.5, 0.6) is 0 Å². The topological polar surface area (TPSA) is 67.2 Å². The van der Waals surface area contributed by atoms with Crippen LogP contribution in [0.4, 0.5) is 0 Å². The Balaban J connectivity index is 2.12. The van der Waals surface area contributed by atoms with Gasteiger partial charge in [0, 0.05) is 24.6 Å². The molecule has 0 aliphatic rings. The van der Waals surface area contributed by atoms with Gasteiger partial charge in [0.25, 0.3) is 0 Å². The van der Waals surface area contributed by atoms with E-state index in [0.29, 0.717) is 19.5 Å². The lowest BCUT2D eigenvalue weighted by Crippen LogP contribution is -2.38. The maximum Gasteiger partial charge on any atom is 0.221 e. The van der Waals surface area contributed by atoms with Crippen molar-refractivity contribution in [2.24, 2.45) is 0 Å². The molecule has 5 heteroatoms. The summed E-state index contributed by atoms with van der Waals surface area (Å²) in [6.45, 7) is 7.31. The summed E-state index contributed by atoms with van der Waals surface area (Å²) < 4.78 is 4.66. The number of aromatic nitrogens is 1. The Morgan fingerprint density at radius 1 is 1.50 bits per heavy atom. The minimum Gasteiger partial charge on any atom is -0.364 e. The Bertz CT molecular complexity index is 314. The molecule has 1 aromatic heterocycles. The average molecular weight is 225 g/mol. The second-order valence-electron chi connectivity index (χ2n) is 4.69. The van der Waals surface area contributed by atoms with E-state index < -0.39 is 0 Å². The van der Waals surface area contributed by atoms with Gasteiger partial charge >= 0.3 is 0 Å². The van der Waals surface area contributed by atoms with E-state index in [1.807, 2.05) is 0 Å². The van der Waals surface area contributed by atoms with E-state index >= 15 is 0 Å². The zero-order valence-electron chi connectivity index (χ0n) is 10.0. The number of carbonyl (C=O) groups excluding carboxylic acids is 1. The van der Waals surface area contributed by atoms with E-state index in [2.05, 4.69) is 41.1 Å². The summed E-state index contributed by atoms with van der Waals surface area (Å²) in [5, 5.41) is 9.72. The molecule has 1 rings (SSSR count). The largest absolute Gasteiger partial charge is 0.364 e. The molecule has 0 bridgehead atoms. The molecule has 0 aromatic carbocycles. The number of carbonyl (C=O) groups is 1. The zero-order chi connectivity index (χ0) is 12.0. The van der Waals surface area contributed by atoms with Crippen molar-refractivity contribution in [3.05, 3.63) is 18.0 Å². The van der Waals surface area contributed by atoms with E-state index in [1.165, 1.54) is 6.26 Å². The van der Waals surface area contributed by atoms with Crippen LogP contribution in [-0.2, 0) is 11.3 Å². The maximum absolute atomic E-state index is 11.4. The van der Waals surface area contributed by atoms with Crippen LogP contribution in [0.25, 0.3) is 0 Å². The first-order valence-electron chi connectivity index (χ1n) is 5.38. The van der Waals surface area contributed by atoms with Gasteiger partial charge in [-0.05, 0) is 20.8 Å². The molecule has 0 saturated carbocycles. The Labute approximate surface area is 95.6 Å². The van der Waals surface area contributed by atoms with Gasteiger partial charge in [-0.2, -0.15) is 0 Å². The van der Waals surface area contributed by atoms with E-state index in [0.717, 1.165) is 5.69 Å². The summed E-state index contributed by atoms with van der Waals surface area (Å²) in [6.07, 6.45) is 1.96. The molecule has 0 saturated heterocycles. The molecule has 0 spiro atoms. The summed E-state index contributed by atoms with van der Waals surface area (Å²) in [7, 11) is 0. The quantitative estimate of drug-likeness (QED) is 0.786. The Hall–Kier alpha value is -1.36. The number of amides is 1. The van der Waals surface area contributed by atoms with Crippen LogP contribution in [-0.4, -0.2) is 23.1 Å². The van der Waals surface area contributed by atoms with Crippen molar-refractivity contribution in [2.75, 3.05) is 6.54 Å². The van der Waals surface area contributed by atoms with Crippen LogP contribution in [0.3, 0.4) is 0 Å². The van der Waals surface area contributed by atoms with Crippen LogP contribution in [0.1, 0.15) is 32.9 Å².